The van der Waals surface area contributed by atoms with E-state index in [1.165, 1.54) is 13.8 Å². The largest absolute Gasteiger partial charge is 0.391 e. The molecule has 0 saturated carbocycles. The summed E-state index contributed by atoms with van der Waals surface area (Å²) in [6.45, 7) is 2.56. The number of aliphatic hydroxyl groups excluding tert-OH is 1. The van der Waals surface area contributed by atoms with Gasteiger partial charge in [-0.15, -0.1) is 0 Å². The second-order valence-electron chi connectivity index (χ2n) is 18.0. The maximum Gasteiger partial charge on any atom is 0.245 e. The Bertz CT molecular complexity index is 2540. The summed E-state index contributed by atoms with van der Waals surface area (Å²) < 4.78 is 0. The summed E-state index contributed by atoms with van der Waals surface area (Å²) in [7, 11) is 0. The van der Waals surface area contributed by atoms with Crippen LogP contribution in [-0.4, -0.2) is 143 Å². The molecule has 0 unspecified atom stereocenters. The predicted octanol–water partition coefficient (Wildman–Crippen LogP) is -2.90. The topological polar surface area (TPSA) is 436 Å². The Hall–Kier alpha value is -8.00. The van der Waals surface area contributed by atoms with Crippen molar-refractivity contribution in [1.82, 2.24) is 58.2 Å². The summed E-state index contributed by atoms with van der Waals surface area (Å²) in [5, 5.41) is 52.9. The molecule has 2 heterocycles. The number of halogens is 1. The summed E-state index contributed by atoms with van der Waals surface area (Å²) in [5.41, 5.74) is 18.3. The minimum absolute atomic E-state index is 0.0173. The zero-order chi connectivity index (χ0) is 55.2. The second-order valence-corrected chi connectivity index (χ2v) is 18.5. The number of H-pyrrole nitrogens is 1. The molecule has 2 aromatic carbocycles. The van der Waals surface area contributed by atoms with Crippen LogP contribution in [0.15, 0.2) is 54.7 Å². The van der Waals surface area contributed by atoms with E-state index in [2.05, 4.69) is 58.2 Å². The van der Waals surface area contributed by atoms with Crippen molar-refractivity contribution >= 4 is 87.6 Å². The lowest BCUT2D eigenvalue weighted by Crippen LogP contribution is -2.62. The minimum atomic E-state index is -1.81. The average Bonchev–Trinajstić information content (AvgIpc) is 3.76. The van der Waals surface area contributed by atoms with Crippen molar-refractivity contribution in [3.05, 3.63) is 70.9 Å². The maximum atomic E-state index is 14.6. The van der Waals surface area contributed by atoms with E-state index in [0.717, 1.165) is 10.9 Å². The molecule has 27 heteroatoms. The highest BCUT2D eigenvalue weighted by Crippen LogP contribution is 2.21. The van der Waals surface area contributed by atoms with Crippen LogP contribution in [0.25, 0.3) is 10.9 Å². The van der Waals surface area contributed by atoms with Gasteiger partial charge in [0.2, 0.25) is 53.2 Å². The van der Waals surface area contributed by atoms with Gasteiger partial charge in [-0.05, 0) is 75.1 Å². The first kappa shape index (κ1) is 59.6. The molecule has 1 saturated heterocycles. The molecule has 8 atom stereocenters. The van der Waals surface area contributed by atoms with Crippen molar-refractivity contribution < 1.29 is 48.3 Å². The maximum absolute atomic E-state index is 14.6. The first-order valence-corrected chi connectivity index (χ1v) is 24.8. The molecule has 26 nitrogen and oxygen atoms in total. The number of nitrogens with one attached hydrogen (secondary N) is 13. The van der Waals surface area contributed by atoms with Gasteiger partial charge in [0.15, 0.2) is 11.9 Å². The van der Waals surface area contributed by atoms with Crippen LogP contribution >= 0.6 is 11.6 Å². The number of para-hydroxylation sites is 1. The minimum Gasteiger partial charge on any atom is -0.391 e. The Kier molecular flexibility index (Phi) is 23.5. The number of aliphatic hydroxyl groups is 1. The van der Waals surface area contributed by atoms with Gasteiger partial charge in [0.25, 0.3) is 0 Å². The van der Waals surface area contributed by atoms with E-state index in [-0.39, 0.29) is 94.4 Å². The van der Waals surface area contributed by atoms with Crippen molar-refractivity contribution in [2.45, 2.75) is 126 Å². The Morgan fingerprint density at radius 2 is 1.36 bits per heavy atom. The first-order valence-electron chi connectivity index (χ1n) is 24.4. The van der Waals surface area contributed by atoms with Gasteiger partial charge in [-0.1, -0.05) is 48.0 Å². The van der Waals surface area contributed by atoms with Crippen LogP contribution in [-0.2, 0) is 56.0 Å². The van der Waals surface area contributed by atoms with Crippen molar-refractivity contribution in [3.8, 4) is 0 Å². The molecule has 3 aromatic rings. The van der Waals surface area contributed by atoms with E-state index in [1.54, 1.807) is 36.5 Å². The van der Waals surface area contributed by atoms with Crippen LogP contribution < -0.4 is 70.4 Å². The van der Waals surface area contributed by atoms with Crippen LogP contribution in [0.1, 0.15) is 76.3 Å². The quantitative estimate of drug-likeness (QED) is 0.0367. The van der Waals surface area contributed by atoms with Crippen molar-refractivity contribution in [3.63, 3.8) is 0 Å². The van der Waals surface area contributed by atoms with E-state index >= 15 is 0 Å². The highest BCUT2D eigenvalue weighted by Gasteiger charge is 2.36. The molecule has 0 radical (unpaired) electrons. The number of nitrogens with two attached hydrogens (primary N) is 3. The molecule has 0 aliphatic carbocycles. The van der Waals surface area contributed by atoms with Crippen molar-refractivity contribution in [2.24, 2.45) is 17.2 Å². The normalized spacial score (nSPS) is 21.5. The SMILES string of the molecule is CC(=O)N[C@@H](CCCNC(=N)N)C(=O)N[C@H]1CCC(=O)NCCC[C@@H](C(N)=O)NC(=O)[C@H](Cc2c[nH]c3ccccc23)NC(=O)[C@H](CCCNC(=N)N)NC(=O)[C@@H](Cc2ccccc2Cl)NC(=O)[C@H]([C@@H](C)O)NC1=O. The number of fused-ring (bicyclic) bond motifs is 1. The van der Waals surface area contributed by atoms with Crippen LogP contribution in [0.2, 0.25) is 5.02 Å². The molecule has 0 bridgehead atoms. The third-order valence-electron chi connectivity index (χ3n) is 12.1. The second kappa shape index (κ2) is 29.6. The number of guanidine groups is 2. The molecule has 4 rings (SSSR count). The lowest BCUT2D eigenvalue weighted by atomic mass is 10.0. The number of aromatic amines is 1. The van der Waals surface area contributed by atoms with E-state index in [1.807, 2.05) is 18.2 Å². The van der Waals surface area contributed by atoms with Gasteiger partial charge >= 0.3 is 0 Å². The number of rotatable bonds is 17. The molecule has 1 aliphatic rings. The van der Waals surface area contributed by atoms with Gasteiger partial charge in [-0.25, -0.2) is 0 Å². The van der Waals surface area contributed by atoms with Gasteiger partial charge in [-0.2, -0.15) is 0 Å². The van der Waals surface area contributed by atoms with Gasteiger partial charge in [0.1, 0.15) is 42.3 Å². The summed E-state index contributed by atoms with van der Waals surface area (Å²) in [6.07, 6.45) is -0.860. The number of carbonyl (C=O) groups is 9. The zero-order valence-corrected chi connectivity index (χ0v) is 42.5. The van der Waals surface area contributed by atoms with Gasteiger partial charge in [0, 0.05) is 67.9 Å². The molecule has 9 amide bonds. The highest BCUT2D eigenvalue weighted by atomic mass is 35.5. The zero-order valence-electron chi connectivity index (χ0n) is 41.7. The molecule has 1 aromatic heterocycles. The molecule has 75 heavy (non-hydrogen) atoms. The number of hydrogen-bond acceptors (Lipinski definition) is 12. The van der Waals surface area contributed by atoms with Crippen molar-refractivity contribution in [1.29, 1.82) is 10.8 Å². The summed E-state index contributed by atoms with van der Waals surface area (Å²) >= 11 is 6.53. The van der Waals surface area contributed by atoms with E-state index < -0.39 is 108 Å². The molecule has 1 aliphatic heterocycles. The lowest BCUT2D eigenvalue weighted by Gasteiger charge is -2.29. The van der Waals surface area contributed by atoms with E-state index in [4.69, 9.17) is 39.6 Å². The molecule has 20 N–H and O–H groups in total. The number of primary amides is 1. The Labute approximate surface area is 437 Å². The predicted molar refractivity (Wildman–Crippen MR) is 277 cm³/mol. The number of hydrogen-bond donors (Lipinski definition) is 17. The monoisotopic (exact) mass is 1060 g/mol. The van der Waals surface area contributed by atoms with Crippen molar-refractivity contribution in [2.75, 3.05) is 19.6 Å². The summed E-state index contributed by atoms with van der Waals surface area (Å²) in [5.74, 6) is -8.38. The fraction of sp³-hybridized carbons (Fsp3) is 0.479. The number of benzene rings is 2. The number of aromatic nitrogens is 1. The molecule has 0 spiro atoms. The van der Waals surface area contributed by atoms with E-state index in [9.17, 15) is 48.3 Å². The van der Waals surface area contributed by atoms with Crippen LogP contribution in [0.5, 0.6) is 0 Å². The smallest absolute Gasteiger partial charge is 0.245 e. The molecule has 408 valence electrons. The fourth-order valence-corrected chi connectivity index (χ4v) is 8.34. The van der Waals surface area contributed by atoms with Crippen LogP contribution in [0, 0.1) is 10.8 Å². The standard InChI is InChI=1S/C48H69ClN16O10/c1-25(66)39-46(75)64-36(22-27-10-3-5-12-30(27)49)45(74)61-34(16-9-21-57-48(53)54)42(71)63-37(23-28-24-58-31-13-6-4-11-29(28)31)44(73)60-32(40(50)69)14-7-19-55-38(68)18-17-35(43(72)65-39)62-41(70)33(59-26(2)67)15-8-20-56-47(51)52/h3-6,10-13,24-25,32-37,39,58,66H,7-9,14-23H2,1-2H3,(H2,50,69)(H,55,68)(H,59,67)(H,60,73)(H,61,74)(H,62,70)(H,63,71)(H,64,75)(H,65,72)(H4,51,52,56)(H4,53,54,57)/t25-,32+,33+,34+,35+,36-,37+,39+/m1/s1. The van der Waals surface area contributed by atoms with Gasteiger partial charge < -0.3 is 80.5 Å². The van der Waals surface area contributed by atoms with Gasteiger partial charge in [-0.3, -0.25) is 54.0 Å². The van der Waals surface area contributed by atoms with Crippen LogP contribution in [0.4, 0.5) is 0 Å². The third kappa shape index (κ3) is 19.7. The third-order valence-corrected chi connectivity index (χ3v) is 12.4. The fourth-order valence-electron chi connectivity index (χ4n) is 8.13. The Morgan fingerprint density at radius 3 is 2.01 bits per heavy atom. The highest BCUT2D eigenvalue weighted by molar-refractivity contribution is 6.31. The van der Waals surface area contributed by atoms with Gasteiger partial charge in [0.05, 0.1) is 6.10 Å². The lowest BCUT2D eigenvalue weighted by molar-refractivity contribution is -0.137. The molecule has 1 fully saturated rings. The Balaban J connectivity index is 1.77. The number of carbonyl (C=O) groups excluding carboxylic acids is 9. The Morgan fingerprint density at radius 1 is 0.760 bits per heavy atom. The molecular formula is C48H69ClN16O10. The van der Waals surface area contributed by atoms with E-state index in [0.29, 0.717) is 11.1 Å². The number of amides is 9. The molecular weight excluding hydrogens is 996 g/mol. The summed E-state index contributed by atoms with van der Waals surface area (Å²) in [4.78, 5) is 127. The summed E-state index contributed by atoms with van der Waals surface area (Å²) in [6, 6.07) is 3.35. The average molecular weight is 1070 g/mol. The first-order chi connectivity index (χ1) is 35.6. The van der Waals surface area contributed by atoms with Crippen LogP contribution in [0.3, 0.4) is 0 Å².